The Balaban J connectivity index is 1.89. The molecule has 0 aromatic heterocycles. The third-order valence-electron chi connectivity index (χ3n) is 5.50. The van der Waals surface area contributed by atoms with E-state index >= 15 is 0 Å². The summed E-state index contributed by atoms with van der Waals surface area (Å²) in [6.45, 7) is 9.78. The molecule has 0 saturated carbocycles. The number of hydrogen-bond donors (Lipinski definition) is 1. The van der Waals surface area contributed by atoms with Gasteiger partial charge in [-0.05, 0) is 45.1 Å². The van der Waals surface area contributed by atoms with Crippen LogP contribution < -0.4 is 5.32 Å². The molecule has 142 valence electrons. The minimum Gasteiger partial charge on any atom is -0.444 e. The van der Waals surface area contributed by atoms with Gasteiger partial charge in [-0.15, -0.1) is 0 Å². The van der Waals surface area contributed by atoms with Crippen molar-refractivity contribution in [1.29, 1.82) is 0 Å². The zero-order valence-electron chi connectivity index (χ0n) is 16.4. The fourth-order valence-electron chi connectivity index (χ4n) is 4.47. The number of rotatable bonds is 3. The van der Waals surface area contributed by atoms with Gasteiger partial charge in [-0.25, -0.2) is 4.79 Å². The van der Waals surface area contributed by atoms with Crippen molar-refractivity contribution in [2.24, 2.45) is 5.92 Å². The van der Waals surface area contributed by atoms with E-state index < -0.39 is 17.7 Å². The second-order valence-electron chi connectivity index (χ2n) is 8.86. The van der Waals surface area contributed by atoms with Crippen molar-refractivity contribution in [2.75, 3.05) is 0 Å². The van der Waals surface area contributed by atoms with E-state index in [4.69, 9.17) is 4.74 Å². The van der Waals surface area contributed by atoms with Gasteiger partial charge in [0.25, 0.3) is 0 Å². The first-order valence-corrected chi connectivity index (χ1v) is 9.52. The van der Waals surface area contributed by atoms with Crippen LogP contribution in [0.3, 0.4) is 0 Å². The molecule has 2 aliphatic heterocycles. The molecule has 0 bridgehead atoms. The van der Waals surface area contributed by atoms with Crippen molar-refractivity contribution in [3.8, 4) is 0 Å². The van der Waals surface area contributed by atoms with Crippen molar-refractivity contribution in [2.45, 2.75) is 77.1 Å². The largest absolute Gasteiger partial charge is 0.444 e. The molecule has 2 aliphatic rings. The van der Waals surface area contributed by atoms with Crippen LogP contribution in [0.2, 0.25) is 0 Å². The zero-order valence-corrected chi connectivity index (χ0v) is 16.4. The quantitative estimate of drug-likeness (QED) is 0.893. The number of hydrogen-bond acceptors (Lipinski definition) is 3. The summed E-state index contributed by atoms with van der Waals surface area (Å²) in [6.07, 6.45) is 2.00. The summed E-state index contributed by atoms with van der Waals surface area (Å²) in [6, 6.07) is 9.89. The smallest absolute Gasteiger partial charge is 0.408 e. The average Bonchev–Trinajstić information content (AvgIpc) is 3.04. The Morgan fingerprint density at radius 2 is 1.92 bits per heavy atom. The molecule has 0 radical (unpaired) electrons. The average molecular weight is 358 g/mol. The van der Waals surface area contributed by atoms with Gasteiger partial charge in [-0.1, -0.05) is 44.2 Å². The minimum absolute atomic E-state index is 0.0101. The Morgan fingerprint density at radius 1 is 1.27 bits per heavy atom. The monoisotopic (exact) mass is 358 g/mol. The van der Waals surface area contributed by atoms with Gasteiger partial charge in [0.2, 0.25) is 5.91 Å². The van der Waals surface area contributed by atoms with Crippen molar-refractivity contribution in [1.82, 2.24) is 10.2 Å². The molecule has 5 nitrogen and oxygen atoms in total. The summed E-state index contributed by atoms with van der Waals surface area (Å²) in [5.41, 5.74) is 0.247. The number of nitrogens with one attached hydrogen (secondary N) is 1. The van der Waals surface area contributed by atoms with Gasteiger partial charge in [0.05, 0.1) is 5.54 Å². The van der Waals surface area contributed by atoms with Gasteiger partial charge >= 0.3 is 6.09 Å². The van der Waals surface area contributed by atoms with Crippen molar-refractivity contribution >= 4 is 12.0 Å². The van der Waals surface area contributed by atoms with Crippen molar-refractivity contribution in [3.63, 3.8) is 0 Å². The van der Waals surface area contributed by atoms with Crippen LogP contribution in [0.15, 0.2) is 30.3 Å². The molecule has 0 unspecified atom stereocenters. The number of carbonyl (C=O) groups is 2. The lowest BCUT2D eigenvalue weighted by molar-refractivity contribution is -0.134. The van der Waals surface area contributed by atoms with E-state index in [1.807, 2.05) is 39.0 Å². The number of alkyl carbamates (subject to hydrolysis) is 1. The Bertz CT molecular complexity index is 680. The van der Waals surface area contributed by atoms with Crippen LogP contribution in [0.5, 0.6) is 0 Å². The third kappa shape index (κ3) is 3.31. The number of benzene rings is 1. The van der Waals surface area contributed by atoms with Gasteiger partial charge in [0.15, 0.2) is 0 Å². The normalized spacial score (nSPS) is 28.4. The highest BCUT2D eigenvalue weighted by molar-refractivity contribution is 5.89. The van der Waals surface area contributed by atoms with Gasteiger partial charge in [-0.3, -0.25) is 4.79 Å². The van der Waals surface area contributed by atoms with Crippen LogP contribution in [-0.2, 0) is 15.1 Å². The van der Waals surface area contributed by atoms with E-state index in [2.05, 4.69) is 36.2 Å². The zero-order chi connectivity index (χ0) is 19.1. The molecule has 3 atom stereocenters. The van der Waals surface area contributed by atoms with Gasteiger partial charge in [0, 0.05) is 12.5 Å². The number of ether oxygens (including phenoxy) is 1. The van der Waals surface area contributed by atoms with Crippen molar-refractivity contribution < 1.29 is 14.3 Å². The number of fused-ring (bicyclic) bond motifs is 1. The van der Waals surface area contributed by atoms with E-state index in [0.717, 1.165) is 18.4 Å². The Hall–Kier alpha value is -2.04. The Morgan fingerprint density at radius 3 is 2.50 bits per heavy atom. The third-order valence-corrected chi connectivity index (χ3v) is 5.50. The summed E-state index contributed by atoms with van der Waals surface area (Å²) in [7, 11) is 0. The first-order chi connectivity index (χ1) is 12.1. The summed E-state index contributed by atoms with van der Waals surface area (Å²) < 4.78 is 5.36. The summed E-state index contributed by atoms with van der Waals surface area (Å²) in [4.78, 5) is 27.5. The standard InChI is InChI=1S/C21H30N2O3/c1-14(2)17-11-12-21(15-9-7-6-8-10-15)13-16(18(24)23(17)21)22-19(25)26-20(3,4)5/h6-10,14,16-17H,11-13H2,1-5H3,(H,22,25)/t16-,17+,21+/m0/s1. The number of nitrogens with zero attached hydrogens (tertiary/aromatic N) is 1. The molecule has 26 heavy (non-hydrogen) atoms. The Kier molecular flexibility index (Phi) is 4.76. The highest BCUT2D eigenvalue weighted by Crippen LogP contribution is 2.51. The maximum Gasteiger partial charge on any atom is 0.408 e. The molecule has 1 aromatic rings. The van der Waals surface area contributed by atoms with E-state index in [9.17, 15) is 9.59 Å². The lowest BCUT2D eigenvalue weighted by Gasteiger charge is -2.36. The number of carbonyl (C=O) groups excluding carboxylic acids is 2. The second-order valence-corrected chi connectivity index (χ2v) is 8.86. The molecule has 2 heterocycles. The first-order valence-electron chi connectivity index (χ1n) is 9.52. The van der Waals surface area contributed by atoms with Gasteiger partial charge < -0.3 is 15.0 Å². The fraction of sp³-hybridized carbons (Fsp3) is 0.619. The molecule has 5 heteroatoms. The van der Waals surface area contributed by atoms with E-state index in [-0.39, 0.29) is 17.5 Å². The molecular formula is C21H30N2O3. The maximum absolute atomic E-state index is 13.2. The Labute approximate surface area is 156 Å². The molecule has 1 aromatic carbocycles. The van der Waals surface area contributed by atoms with Gasteiger partial charge in [0.1, 0.15) is 11.6 Å². The van der Waals surface area contributed by atoms with Crippen molar-refractivity contribution in [3.05, 3.63) is 35.9 Å². The predicted octanol–water partition coefficient (Wildman–Crippen LogP) is 3.83. The van der Waals surface area contributed by atoms with E-state index in [0.29, 0.717) is 12.3 Å². The van der Waals surface area contributed by atoms with Crippen LogP contribution in [0.4, 0.5) is 4.79 Å². The highest BCUT2D eigenvalue weighted by Gasteiger charge is 2.58. The lowest BCUT2D eigenvalue weighted by atomic mass is 9.85. The highest BCUT2D eigenvalue weighted by atomic mass is 16.6. The predicted molar refractivity (Wildman–Crippen MR) is 101 cm³/mol. The summed E-state index contributed by atoms with van der Waals surface area (Å²) >= 11 is 0. The molecule has 3 rings (SSSR count). The SMILES string of the molecule is CC(C)[C@H]1CC[C@]2(c3ccccc3)C[C@H](NC(=O)OC(C)(C)C)C(=O)N12. The van der Waals surface area contributed by atoms with E-state index in [1.54, 1.807) is 0 Å². The van der Waals surface area contributed by atoms with Crippen LogP contribution >= 0.6 is 0 Å². The molecule has 0 spiro atoms. The lowest BCUT2D eigenvalue weighted by Crippen LogP contribution is -2.47. The van der Waals surface area contributed by atoms with Crippen LogP contribution in [0, 0.1) is 5.92 Å². The second kappa shape index (κ2) is 6.60. The fourth-order valence-corrected chi connectivity index (χ4v) is 4.47. The molecule has 1 N–H and O–H groups in total. The topological polar surface area (TPSA) is 58.6 Å². The maximum atomic E-state index is 13.2. The van der Waals surface area contributed by atoms with Gasteiger partial charge in [-0.2, -0.15) is 0 Å². The van der Waals surface area contributed by atoms with Crippen LogP contribution in [0.25, 0.3) is 0 Å². The van der Waals surface area contributed by atoms with Crippen LogP contribution in [-0.4, -0.2) is 34.6 Å². The van der Waals surface area contributed by atoms with Crippen LogP contribution in [0.1, 0.15) is 59.4 Å². The molecule has 2 saturated heterocycles. The molecular weight excluding hydrogens is 328 g/mol. The van der Waals surface area contributed by atoms with E-state index in [1.165, 1.54) is 0 Å². The number of amides is 2. The first kappa shape index (κ1) is 18.7. The summed E-state index contributed by atoms with van der Waals surface area (Å²) in [5.74, 6) is 0.390. The minimum atomic E-state index is -0.584. The molecule has 2 fully saturated rings. The molecule has 2 amide bonds. The molecule has 0 aliphatic carbocycles. The summed E-state index contributed by atoms with van der Waals surface area (Å²) in [5, 5.41) is 2.82.